The second-order valence-corrected chi connectivity index (χ2v) is 9.69. The van der Waals surface area contributed by atoms with Crippen molar-refractivity contribution in [2.45, 2.75) is 52.4 Å². The van der Waals surface area contributed by atoms with E-state index >= 15 is 0 Å². The number of phenols is 1. The van der Waals surface area contributed by atoms with Crippen LogP contribution >= 0.6 is 11.6 Å². The lowest BCUT2D eigenvalue weighted by Crippen LogP contribution is -2.17. The minimum Gasteiger partial charge on any atom is -0.507 e. The Hall–Kier alpha value is -2.59. The van der Waals surface area contributed by atoms with E-state index in [9.17, 15) is 9.90 Å². The lowest BCUT2D eigenvalue weighted by molar-refractivity contribution is -0.129. The van der Waals surface area contributed by atoms with Gasteiger partial charge in [0.2, 0.25) is 5.90 Å². The number of halogens is 1. The fourth-order valence-electron chi connectivity index (χ4n) is 3.20. The molecule has 1 heterocycles. The molecule has 0 bridgehead atoms. The van der Waals surface area contributed by atoms with Crippen molar-refractivity contribution in [2.24, 2.45) is 4.99 Å². The topological polar surface area (TPSA) is 58.9 Å². The molecule has 0 amide bonds. The Bertz CT molecular complexity index is 1000. The molecule has 0 fully saturated rings. The van der Waals surface area contributed by atoms with Crippen LogP contribution in [0.15, 0.2) is 47.1 Å². The summed E-state index contributed by atoms with van der Waals surface area (Å²) in [6.45, 7) is 12.3. The van der Waals surface area contributed by atoms with Crippen molar-refractivity contribution in [1.29, 1.82) is 0 Å². The number of rotatable bonds is 2. The number of aromatic hydroxyl groups is 1. The molecule has 1 aliphatic heterocycles. The van der Waals surface area contributed by atoms with Gasteiger partial charge in [0, 0.05) is 11.1 Å². The van der Waals surface area contributed by atoms with E-state index in [1.807, 2.05) is 59.7 Å². The molecule has 4 nitrogen and oxygen atoms in total. The van der Waals surface area contributed by atoms with Gasteiger partial charge in [-0.15, -0.1) is 0 Å². The summed E-state index contributed by atoms with van der Waals surface area (Å²) >= 11 is 6.20. The Morgan fingerprint density at radius 1 is 1.00 bits per heavy atom. The van der Waals surface area contributed by atoms with Crippen LogP contribution in [0.2, 0.25) is 5.02 Å². The van der Waals surface area contributed by atoms with Crippen LogP contribution < -0.4 is 0 Å². The van der Waals surface area contributed by atoms with Crippen molar-refractivity contribution in [3.8, 4) is 5.75 Å². The second-order valence-electron chi connectivity index (χ2n) is 9.28. The zero-order chi connectivity index (χ0) is 21.6. The van der Waals surface area contributed by atoms with Gasteiger partial charge >= 0.3 is 5.97 Å². The summed E-state index contributed by atoms with van der Waals surface area (Å²) in [6, 6.07) is 10.9. The highest BCUT2D eigenvalue weighted by atomic mass is 35.5. The first-order valence-corrected chi connectivity index (χ1v) is 9.91. The minimum atomic E-state index is -0.525. The van der Waals surface area contributed by atoms with E-state index in [-0.39, 0.29) is 22.4 Å². The number of hydrogen-bond acceptors (Lipinski definition) is 4. The van der Waals surface area contributed by atoms with Crippen molar-refractivity contribution in [3.05, 3.63) is 69.4 Å². The SMILES string of the molecule is CC(C)(C)c1cc(/C=C2\N=C(c3ccccc3Cl)OC2=O)cc(C(C)(C)C)c1O. The zero-order valence-corrected chi connectivity index (χ0v) is 18.4. The second kappa shape index (κ2) is 7.34. The number of benzene rings is 2. The van der Waals surface area contributed by atoms with Crippen molar-refractivity contribution >= 4 is 29.5 Å². The molecule has 3 rings (SSSR count). The van der Waals surface area contributed by atoms with Crippen molar-refractivity contribution in [2.75, 3.05) is 0 Å². The van der Waals surface area contributed by atoms with Gasteiger partial charge in [0.1, 0.15) is 5.75 Å². The molecule has 29 heavy (non-hydrogen) atoms. The number of phenolic OH excluding ortho intramolecular Hbond substituents is 1. The van der Waals surface area contributed by atoms with Crippen LogP contribution in [0.4, 0.5) is 0 Å². The molecule has 0 saturated heterocycles. The van der Waals surface area contributed by atoms with Crippen LogP contribution in [0.3, 0.4) is 0 Å². The molecule has 1 aliphatic rings. The monoisotopic (exact) mass is 411 g/mol. The third-order valence-corrected chi connectivity index (χ3v) is 5.11. The van der Waals surface area contributed by atoms with Gasteiger partial charge in [0.25, 0.3) is 0 Å². The van der Waals surface area contributed by atoms with Crippen LogP contribution in [0, 0.1) is 0 Å². The van der Waals surface area contributed by atoms with Gasteiger partial charge in [-0.05, 0) is 46.7 Å². The highest BCUT2D eigenvalue weighted by Gasteiger charge is 2.28. The molecule has 1 N–H and O–H groups in total. The summed E-state index contributed by atoms with van der Waals surface area (Å²) < 4.78 is 5.34. The van der Waals surface area contributed by atoms with Gasteiger partial charge in [-0.3, -0.25) is 0 Å². The third kappa shape index (κ3) is 4.38. The quantitative estimate of drug-likeness (QED) is 0.488. The lowest BCUT2D eigenvalue weighted by Gasteiger charge is -2.27. The van der Waals surface area contributed by atoms with Crippen molar-refractivity contribution in [1.82, 2.24) is 0 Å². The summed E-state index contributed by atoms with van der Waals surface area (Å²) in [5.74, 6) is -0.0401. The van der Waals surface area contributed by atoms with Gasteiger partial charge in [0.15, 0.2) is 5.70 Å². The summed E-state index contributed by atoms with van der Waals surface area (Å²) in [4.78, 5) is 16.8. The number of aliphatic imine (C=N–C) groups is 1. The fraction of sp³-hybridized carbons (Fsp3) is 0.333. The smallest absolute Gasteiger partial charge is 0.363 e. The number of carbonyl (C=O) groups is 1. The summed E-state index contributed by atoms with van der Waals surface area (Å²) in [5, 5.41) is 11.3. The zero-order valence-electron chi connectivity index (χ0n) is 17.6. The van der Waals surface area contributed by atoms with Crippen LogP contribution in [0.25, 0.3) is 6.08 Å². The van der Waals surface area contributed by atoms with E-state index in [1.165, 1.54) is 0 Å². The van der Waals surface area contributed by atoms with E-state index < -0.39 is 5.97 Å². The van der Waals surface area contributed by atoms with Crippen LogP contribution in [-0.4, -0.2) is 17.0 Å². The van der Waals surface area contributed by atoms with E-state index in [0.29, 0.717) is 16.3 Å². The predicted octanol–water partition coefficient (Wildman–Crippen LogP) is 5.99. The molecule has 0 aliphatic carbocycles. The molecular formula is C24H26ClNO3. The number of cyclic esters (lactones) is 1. The average Bonchev–Trinajstić information content (AvgIpc) is 2.95. The molecule has 0 atom stereocenters. The fourth-order valence-corrected chi connectivity index (χ4v) is 3.42. The average molecular weight is 412 g/mol. The van der Waals surface area contributed by atoms with E-state index in [0.717, 1.165) is 16.7 Å². The normalized spacial score (nSPS) is 16.2. The first kappa shape index (κ1) is 21.1. The third-order valence-electron chi connectivity index (χ3n) is 4.78. The summed E-state index contributed by atoms with van der Waals surface area (Å²) in [6.07, 6.45) is 1.69. The molecular weight excluding hydrogens is 386 g/mol. The van der Waals surface area contributed by atoms with E-state index in [2.05, 4.69) is 4.99 Å². The van der Waals surface area contributed by atoms with Gasteiger partial charge in [0.05, 0.1) is 10.6 Å². The molecule has 0 radical (unpaired) electrons. The number of hydrogen-bond donors (Lipinski definition) is 1. The highest BCUT2D eigenvalue weighted by Crippen LogP contribution is 2.40. The maximum absolute atomic E-state index is 12.4. The standard InChI is InChI=1S/C24H26ClNO3/c1-23(2,3)16-11-14(12-17(20(16)27)24(4,5)6)13-19-22(28)29-21(26-19)15-9-7-8-10-18(15)25/h7-13,27H,1-6H3/b19-13-. The van der Waals surface area contributed by atoms with E-state index in [1.54, 1.807) is 24.3 Å². The van der Waals surface area contributed by atoms with Gasteiger partial charge in [-0.25, -0.2) is 9.79 Å². The molecule has 5 heteroatoms. The first-order chi connectivity index (χ1) is 13.4. The Morgan fingerprint density at radius 3 is 2.07 bits per heavy atom. The Kier molecular flexibility index (Phi) is 5.35. The number of nitrogens with zero attached hydrogens (tertiary/aromatic N) is 1. The summed E-state index contributed by atoms with van der Waals surface area (Å²) in [5.41, 5.74) is 2.67. The lowest BCUT2D eigenvalue weighted by atomic mass is 9.78. The van der Waals surface area contributed by atoms with Crippen LogP contribution in [-0.2, 0) is 20.4 Å². The summed E-state index contributed by atoms with van der Waals surface area (Å²) in [7, 11) is 0. The Morgan fingerprint density at radius 2 is 1.55 bits per heavy atom. The number of ether oxygens (including phenoxy) is 1. The predicted molar refractivity (Wildman–Crippen MR) is 118 cm³/mol. The molecule has 0 unspecified atom stereocenters. The van der Waals surface area contributed by atoms with Gasteiger partial charge in [-0.2, -0.15) is 0 Å². The van der Waals surface area contributed by atoms with Crippen molar-refractivity contribution < 1.29 is 14.6 Å². The maximum atomic E-state index is 12.4. The molecule has 0 aromatic heterocycles. The molecule has 0 saturated carbocycles. The number of carbonyl (C=O) groups excluding carboxylic acids is 1. The van der Waals surface area contributed by atoms with Crippen molar-refractivity contribution in [3.63, 3.8) is 0 Å². The largest absolute Gasteiger partial charge is 0.507 e. The highest BCUT2D eigenvalue weighted by molar-refractivity contribution is 6.34. The molecule has 2 aromatic rings. The number of esters is 1. The maximum Gasteiger partial charge on any atom is 0.363 e. The minimum absolute atomic E-state index is 0.192. The van der Waals surface area contributed by atoms with Gasteiger partial charge < -0.3 is 9.84 Å². The molecule has 2 aromatic carbocycles. The first-order valence-electron chi connectivity index (χ1n) is 9.53. The Labute approximate surface area is 176 Å². The molecule has 0 spiro atoms. The molecule has 152 valence electrons. The van der Waals surface area contributed by atoms with Crippen LogP contribution in [0.1, 0.15) is 63.8 Å². The Balaban J connectivity index is 2.12. The van der Waals surface area contributed by atoms with Crippen LogP contribution in [0.5, 0.6) is 5.75 Å². The van der Waals surface area contributed by atoms with E-state index in [4.69, 9.17) is 16.3 Å². The van der Waals surface area contributed by atoms with Gasteiger partial charge in [-0.1, -0.05) is 65.3 Å².